The monoisotopic (exact) mass is 454 g/mol. The molecular weight excluding hydrogens is 431 g/mol. The molecular formula is C20H24Cl2N4O4. The van der Waals surface area contributed by atoms with Gasteiger partial charge in [0.2, 0.25) is 5.91 Å². The zero-order valence-corrected chi connectivity index (χ0v) is 18.3. The number of carbonyl (C=O) groups excluding carboxylic acids is 3. The molecule has 2 heterocycles. The van der Waals surface area contributed by atoms with Crippen molar-refractivity contribution >= 4 is 41.0 Å². The van der Waals surface area contributed by atoms with Gasteiger partial charge in [-0.2, -0.15) is 0 Å². The summed E-state index contributed by atoms with van der Waals surface area (Å²) in [5, 5.41) is 6.45. The van der Waals surface area contributed by atoms with Crippen molar-refractivity contribution in [1.29, 1.82) is 0 Å². The highest BCUT2D eigenvalue weighted by Crippen LogP contribution is 2.39. The van der Waals surface area contributed by atoms with E-state index in [0.717, 1.165) is 0 Å². The molecule has 2 aliphatic heterocycles. The summed E-state index contributed by atoms with van der Waals surface area (Å²) in [5.41, 5.74) is 1.72. The Bertz CT molecular complexity index is 890. The summed E-state index contributed by atoms with van der Waals surface area (Å²) < 4.78 is 4.91. The molecule has 0 spiro atoms. The highest BCUT2D eigenvalue weighted by Gasteiger charge is 2.44. The predicted octanol–water partition coefficient (Wildman–Crippen LogP) is 2.33. The Kier molecular flexibility index (Phi) is 7.23. The molecule has 0 bridgehead atoms. The van der Waals surface area contributed by atoms with Crippen LogP contribution >= 0.6 is 23.2 Å². The molecule has 3 rings (SSSR count). The van der Waals surface area contributed by atoms with Gasteiger partial charge in [-0.25, -0.2) is 4.79 Å². The van der Waals surface area contributed by atoms with Crippen molar-refractivity contribution in [3.05, 3.63) is 45.1 Å². The fourth-order valence-electron chi connectivity index (χ4n) is 3.65. The van der Waals surface area contributed by atoms with E-state index in [1.54, 1.807) is 35.1 Å². The van der Waals surface area contributed by atoms with Gasteiger partial charge in [0.1, 0.15) is 0 Å². The highest BCUT2D eigenvalue weighted by atomic mass is 35.5. The first-order valence-corrected chi connectivity index (χ1v) is 10.4. The van der Waals surface area contributed by atoms with Crippen LogP contribution in [0.25, 0.3) is 0 Å². The van der Waals surface area contributed by atoms with E-state index in [2.05, 4.69) is 10.6 Å². The van der Waals surface area contributed by atoms with E-state index in [9.17, 15) is 14.4 Å². The molecule has 4 amide bonds. The van der Waals surface area contributed by atoms with Gasteiger partial charge < -0.3 is 20.3 Å². The van der Waals surface area contributed by atoms with Crippen molar-refractivity contribution in [2.45, 2.75) is 19.4 Å². The lowest BCUT2D eigenvalue weighted by Gasteiger charge is -2.33. The van der Waals surface area contributed by atoms with Gasteiger partial charge in [-0.05, 0) is 24.6 Å². The smallest absolute Gasteiger partial charge is 0.322 e. The molecule has 0 unspecified atom stereocenters. The number of hydrogen-bond donors (Lipinski definition) is 2. The van der Waals surface area contributed by atoms with Gasteiger partial charge in [0.05, 0.1) is 30.5 Å². The van der Waals surface area contributed by atoms with Crippen LogP contribution < -0.4 is 10.6 Å². The van der Waals surface area contributed by atoms with Gasteiger partial charge in [-0.3, -0.25) is 14.5 Å². The van der Waals surface area contributed by atoms with Crippen LogP contribution in [0.2, 0.25) is 10.0 Å². The van der Waals surface area contributed by atoms with Crippen molar-refractivity contribution in [2.75, 3.05) is 39.9 Å². The lowest BCUT2D eigenvalue weighted by molar-refractivity contribution is -0.127. The van der Waals surface area contributed by atoms with E-state index in [4.69, 9.17) is 27.9 Å². The number of ether oxygens (including phenoxy) is 1. The van der Waals surface area contributed by atoms with E-state index >= 15 is 0 Å². The minimum Gasteiger partial charge on any atom is -0.383 e. The average Bonchev–Trinajstić information content (AvgIpc) is 3.02. The van der Waals surface area contributed by atoms with Gasteiger partial charge in [-0.15, -0.1) is 0 Å². The largest absolute Gasteiger partial charge is 0.383 e. The normalized spacial score (nSPS) is 18.6. The summed E-state index contributed by atoms with van der Waals surface area (Å²) in [6.07, 6.45) is 0.163. The maximum absolute atomic E-state index is 13.2. The number of urea groups is 1. The fourth-order valence-corrected chi connectivity index (χ4v) is 4.17. The van der Waals surface area contributed by atoms with Crippen LogP contribution in [-0.2, 0) is 14.3 Å². The lowest BCUT2D eigenvalue weighted by atomic mass is 9.95. The van der Waals surface area contributed by atoms with Crippen LogP contribution in [0.5, 0.6) is 0 Å². The Morgan fingerprint density at radius 3 is 2.77 bits per heavy atom. The Hall–Kier alpha value is -2.29. The third-order valence-electron chi connectivity index (χ3n) is 5.12. The number of nitrogens with zero attached hydrogens (tertiary/aromatic N) is 2. The quantitative estimate of drug-likeness (QED) is 0.589. The van der Waals surface area contributed by atoms with E-state index < -0.39 is 6.04 Å². The molecule has 162 valence electrons. The number of benzene rings is 1. The van der Waals surface area contributed by atoms with Crippen LogP contribution in [0.3, 0.4) is 0 Å². The van der Waals surface area contributed by atoms with E-state index in [0.29, 0.717) is 46.6 Å². The number of hydrogen-bond acceptors (Lipinski definition) is 4. The second-order valence-electron chi connectivity index (χ2n) is 6.97. The molecule has 0 fully saturated rings. The molecule has 0 aliphatic carbocycles. The Labute approximate surface area is 185 Å². The summed E-state index contributed by atoms with van der Waals surface area (Å²) >= 11 is 12.4. The Balaban J connectivity index is 1.81. The number of likely N-dealkylation sites (N-methyl/N-ethyl adjacent to an activating group) is 1. The Morgan fingerprint density at radius 1 is 1.33 bits per heavy atom. The van der Waals surface area contributed by atoms with Crippen LogP contribution in [0.1, 0.15) is 24.9 Å². The van der Waals surface area contributed by atoms with Crippen LogP contribution in [0.15, 0.2) is 29.5 Å². The molecule has 1 atom stereocenters. The number of methoxy groups -OCH3 is 1. The summed E-state index contributed by atoms with van der Waals surface area (Å²) in [4.78, 5) is 41.0. The van der Waals surface area contributed by atoms with Crippen molar-refractivity contribution in [2.24, 2.45) is 0 Å². The van der Waals surface area contributed by atoms with Crippen molar-refractivity contribution in [3.8, 4) is 0 Å². The summed E-state index contributed by atoms with van der Waals surface area (Å²) in [7, 11) is 1.56. The van der Waals surface area contributed by atoms with Crippen LogP contribution in [0, 0.1) is 0 Å². The summed E-state index contributed by atoms with van der Waals surface area (Å²) in [6, 6.07) is 4.00. The minimum absolute atomic E-state index is 0.163. The van der Waals surface area contributed by atoms with Gasteiger partial charge in [0, 0.05) is 43.2 Å². The topological polar surface area (TPSA) is 91.0 Å². The molecule has 0 saturated carbocycles. The van der Waals surface area contributed by atoms with Crippen molar-refractivity contribution < 1.29 is 19.1 Å². The zero-order chi connectivity index (χ0) is 21.8. The second kappa shape index (κ2) is 9.68. The van der Waals surface area contributed by atoms with Crippen LogP contribution in [0.4, 0.5) is 4.79 Å². The molecule has 0 saturated heterocycles. The number of nitrogens with one attached hydrogen (secondary N) is 2. The molecule has 2 aliphatic rings. The first-order valence-electron chi connectivity index (χ1n) is 9.68. The number of carbonyl (C=O) groups is 3. The molecule has 1 aromatic carbocycles. The first-order chi connectivity index (χ1) is 14.4. The Morgan fingerprint density at radius 2 is 2.10 bits per heavy atom. The molecule has 8 nitrogen and oxygen atoms in total. The lowest BCUT2D eigenvalue weighted by Crippen LogP contribution is -2.47. The fraction of sp³-hybridized carbons (Fsp3) is 0.450. The molecule has 0 aromatic heterocycles. The van der Waals surface area contributed by atoms with Gasteiger partial charge >= 0.3 is 6.03 Å². The molecule has 0 radical (unpaired) electrons. The molecule has 30 heavy (non-hydrogen) atoms. The predicted molar refractivity (Wildman–Crippen MR) is 113 cm³/mol. The molecule has 2 N–H and O–H groups in total. The van der Waals surface area contributed by atoms with E-state index in [1.165, 1.54) is 0 Å². The van der Waals surface area contributed by atoms with E-state index in [1.807, 2.05) is 6.92 Å². The van der Waals surface area contributed by atoms with Gasteiger partial charge in [0.15, 0.2) is 0 Å². The molecule has 1 aromatic rings. The minimum atomic E-state index is -0.673. The summed E-state index contributed by atoms with van der Waals surface area (Å²) in [5.74, 6) is -0.382. The van der Waals surface area contributed by atoms with Crippen molar-refractivity contribution in [3.63, 3.8) is 0 Å². The SMILES string of the molecule is CCN1C(=O)N[C@H](c2ccc(Cl)cc2Cl)C2=C1CN(CCC(=O)NCCOC)C2=O. The first kappa shape index (κ1) is 22.4. The summed E-state index contributed by atoms with van der Waals surface area (Å²) in [6.45, 7) is 3.62. The van der Waals surface area contributed by atoms with Crippen molar-refractivity contribution in [1.82, 2.24) is 20.4 Å². The maximum Gasteiger partial charge on any atom is 0.322 e. The number of amides is 4. The average molecular weight is 455 g/mol. The highest BCUT2D eigenvalue weighted by molar-refractivity contribution is 6.35. The van der Waals surface area contributed by atoms with Gasteiger partial charge in [-0.1, -0.05) is 29.3 Å². The standard InChI is InChI=1S/C20H24Cl2N4O4/c1-3-26-15-11-25(8-6-16(27)23-7-9-30-2)19(28)17(15)18(24-20(26)29)13-5-4-12(21)10-14(13)22/h4-5,10,18H,3,6-9,11H2,1-2H3,(H,23,27)(H,24,29)/t18-/m1/s1. The number of halogens is 2. The second-order valence-corrected chi connectivity index (χ2v) is 7.82. The van der Waals surface area contributed by atoms with Gasteiger partial charge in [0.25, 0.3) is 5.91 Å². The third-order valence-corrected chi connectivity index (χ3v) is 5.69. The zero-order valence-electron chi connectivity index (χ0n) is 16.8. The number of rotatable bonds is 8. The third kappa shape index (κ3) is 4.55. The van der Waals surface area contributed by atoms with Crippen LogP contribution in [-0.4, -0.2) is 67.5 Å². The van der Waals surface area contributed by atoms with E-state index in [-0.39, 0.29) is 37.4 Å². The molecule has 10 heteroatoms. The maximum atomic E-state index is 13.2.